The molecule has 0 spiro atoms. The highest BCUT2D eigenvalue weighted by atomic mass is 35.5. The maximum Gasteiger partial charge on any atom is 0.266 e. The number of nitrogens with zero attached hydrogens (tertiary/aromatic N) is 1. The SMILES string of the molecule is COc1cc(/C=C(\C#N)C(=O)Nc2ccc(F)cc2)cc(Cl)c1OCC(=O)Nc1ccc(C)c(Cl)c1. The van der Waals surface area contributed by atoms with Crippen molar-refractivity contribution in [3.63, 3.8) is 0 Å². The average Bonchev–Trinajstić information content (AvgIpc) is 2.85. The fourth-order valence-electron chi connectivity index (χ4n) is 3.02. The fourth-order valence-corrected chi connectivity index (χ4v) is 3.47. The van der Waals surface area contributed by atoms with Crippen molar-refractivity contribution in [1.82, 2.24) is 0 Å². The van der Waals surface area contributed by atoms with E-state index in [1.807, 2.05) is 13.0 Å². The molecule has 10 heteroatoms. The van der Waals surface area contributed by atoms with E-state index in [9.17, 15) is 19.2 Å². The van der Waals surface area contributed by atoms with E-state index in [0.717, 1.165) is 5.56 Å². The molecule has 36 heavy (non-hydrogen) atoms. The molecule has 0 aliphatic carbocycles. The van der Waals surface area contributed by atoms with Gasteiger partial charge in [0, 0.05) is 16.4 Å². The third-order valence-corrected chi connectivity index (χ3v) is 5.52. The molecule has 3 rings (SSSR count). The lowest BCUT2D eigenvalue weighted by Gasteiger charge is -2.14. The molecule has 0 fully saturated rings. The molecule has 7 nitrogen and oxygen atoms in total. The first-order chi connectivity index (χ1) is 17.2. The Morgan fingerprint density at radius 3 is 2.36 bits per heavy atom. The average molecular weight is 528 g/mol. The Balaban J connectivity index is 1.73. The van der Waals surface area contributed by atoms with Crippen LogP contribution in [0.25, 0.3) is 6.08 Å². The molecular formula is C26H20Cl2FN3O4. The summed E-state index contributed by atoms with van der Waals surface area (Å²) in [5, 5.41) is 15.3. The number of hydrogen-bond acceptors (Lipinski definition) is 5. The first kappa shape index (κ1) is 26.5. The Morgan fingerprint density at radius 1 is 1.03 bits per heavy atom. The summed E-state index contributed by atoms with van der Waals surface area (Å²) in [7, 11) is 1.38. The number of anilines is 2. The molecule has 2 amide bonds. The van der Waals surface area contributed by atoms with Gasteiger partial charge in [0.05, 0.1) is 12.1 Å². The van der Waals surface area contributed by atoms with Crippen LogP contribution in [0.15, 0.2) is 60.2 Å². The van der Waals surface area contributed by atoms with Crippen molar-refractivity contribution < 1.29 is 23.5 Å². The maximum atomic E-state index is 13.1. The van der Waals surface area contributed by atoms with Crippen LogP contribution in [-0.2, 0) is 9.59 Å². The summed E-state index contributed by atoms with van der Waals surface area (Å²) in [4.78, 5) is 24.8. The summed E-state index contributed by atoms with van der Waals surface area (Å²) in [5.41, 5.74) is 1.88. The first-order valence-corrected chi connectivity index (χ1v) is 11.2. The molecule has 3 aromatic rings. The van der Waals surface area contributed by atoms with E-state index < -0.39 is 17.6 Å². The molecule has 0 atom stereocenters. The Kier molecular flexibility index (Phi) is 8.90. The number of methoxy groups -OCH3 is 1. The van der Waals surface area contributed by atoms with Crippen molar-refractivity contribution in [2.24, 2.45) is 0 Å². The van der Waals surface area contributed by atoms with Crippen molar-refractivity contribution in [2.75, 3.05) is 24.4 Å². The van der Waals surface area contributed by atoms with Crippen LogP contribution in [0.2, 0.25) is 10.0 Å². The molecule has 0 heterocycles. The minimum Gasteiger partial charge on any atom is -0.493 e. The number of amides is 2. The number of aryl methyl sites for hydroxylation is 1. The lowest BCUT2D eigenvalue weighted by molar-refractivity contribution is -0.118. The second-order valence-corrected chi connectivity index (χ2v) is 8.28. The van der Waals surface area contributed by atoms with Gasteiger partial charge in [-0.3, -0.25) is 9.59 Å². The van der Waals surface area contributed by atoms with E-state index in [2.05, 4.69) is 10.6 Å². The molecule has 0 bridgehead atoms. The minimum atomic E-state index is -0.688. The predicted octanol–water partition coefficient (Wildman–Crippen LogP) is 6.01. The topological polar surface area (TPSA) is 100 Å². The summed E-state index contributed by atoms with van der Waals surface area (Å²) in [6.07, 6.45) is 1.31. The monoisotopic (exact) mass is 527 g/mol. The van der Waals surface area contributed by atoms with E-state index in [1.54, 1.807) is 18.2 Å². The van der Waals surface area contributed by atoms with E-state index in [4.69, 9.17) is 32.7 Å². The lowest BCUT2D eigenvalue weighted by Crippen LogP contribution is -2.20. The van der Waals surface area contributed by atoms with Crippen molar-refractivity contribution in [2.45, 2.75) is 6.92 Å². The molecule has 0 aromatic heterocycles. The lowest BCUT2D eigenvalue weighted by atomic mass is 10.1. The second kappa shape index (κ2) is 12.1. The molecule has 0 saturated carbocycles. The van der Waals surface area contributed by atoms with Gasteiger partial charge in [0.2, 0.25) is 0 Å². The van der Waals surface area contributed by atoms with Crippen molar-refractivity contribution >= 4 is 52.5 Å². The molecule has 0 unspecified atom stereocenters. The zero-order valence-electron chi connectivity index (χ0n) is 19.2. The highest BCUT2D eigenvalue weighted by Crippen LogP contribution is 2.37. The van der Waals surface area contributed by atoms with Crippen LogP contribution in [0.1, 0.15) is 11.1 Å². The van der Waals surface area contributed by atoms with Crippen LogP contribution in [0.3, 0.4) is 0 Å². The summed E-state index contributed by atoms with van der Waals surface area (Å²) < 4.78 is 24.0. The quantitative estimate of drug-likeness (QED) is 0.276. The fraction of sp³-hybridized carbons (Fsp3) is 0.115. The number of benzene rings is 3. The molecule has 0 radical (unpaired) electrons. The Morgan fingerprint density at radius 2 is 1.72 bits per heavy atom. The second-order valence-electron chi connectivity index (χ2n) is 7.47. The summed E-state index contributed by atoms with van der Waals surface area (Å²) in [6.45, 7) is 1.49. The van der Waals surface area contributed by atoms with Crippen LogP contribution < -0.4 is 20.1 Å². The predicted molar refractivity (Wildman–Crippen MR) is 137 cm³/mol. The molecule has 184 valence electrons. The van der Waals surface area contributed by atoms with Gasteiger partial charge >= 0.3 is 0 Å². The number of carbonyl (C=O) groups is 2. The number of nitriles is 1. The molecule has 0 aliphatic rings. The van der Waals surface area contributed by atoms with E-state index in [0.29, 0.717) is 22.0 Å². The van der Waals surface area contributed by atoms with Gasteiger partial charge < -0.3 is 20.1 Å². The molecular weight excluding hydrogens is 508 g/mol. The highest BCUT2D eigenvalue weighted by molar-refractivity contribution is 6.32. The van der Waals surface area contributed by atoms with E-state index in [1.165, 1.54) is 49.6 Å². The Bertz CT molecular complexity index is 1370. The first-order valence-electron chi connectivity index (χ1n) is 10.4. The zero-order valence-corrected chi connectivity index (χ0v) is 20.7. The summed E-state index contributed by atoms with van der Waals surface area (Å²) in [6, 6.07) is 15.0. The molecule has 3 aromatic carbocycles. The van der Waals surface area contributed by atoms with Crippen LogP contribution in [0.5, 0.6) is 11.5 Å². The van der Waals surface area contributed by atoms with Crippen LogP contribution in [0, 0.1) is 24.1 Å². The number of rotatable bonds is 8. The normalized spacial score (nSPS) is 10.8. The summed E-state index contributed by atoms with van der Waals surface area (Å²) in [5.74, 6) is -1.28. The number of halogens is 3. The van der Waals surface area contributed by atoms with Crippen molar-refractivity contribution in [1.29, 1.82) is 5.26 Å². The highest BCUT2D eigenvalue weighted by Gasteiger charge is 2.16. The molecule has 0 aliphatic heterocycles. The van der Waals surface area contributed by atoms with E-state index in [-0.39, 0.29) is 28.7 Å². The number of carbonyl (C=O) groups excluding carboxylic acids is 2. The van der Waals surface area contributed by atoms with Gasteiger partial charge in [0.1, 0.15) is 17.5 Å². The van der Waals surface area contributed by atoms with Gasteiger partial charge in [0.25, 0.3) is 11.8 Å². The third kappa shape index (κ3) is 6.98. The molecule has 0 saturated heterocycles. The van der Waals surface area contributed by atoms with Gasteiger partial charge in [-0.15, -0.1) is 0 Å². The standard InChI is InChI=1S/C26H20Cl2FN3O4/c1-15-3-6-20(12-21(15)27)31-24(33)14-36-25-22(28)10-16(11-23(25)35-2)9-17(13-30)26(34)32-19-7-4-18(29)5-8-19/h3-12H,14H2,1-2H3,(H,31,33)(H,32,34)/b17-9+. The molecule has 2 N–H and O–H groups in total. The summed E-state index contributed by atoms with van der Waals surface area (Å²) >= 11 is 12.4. The number of ether oxygens (including phenoxy) is 2. The van der Waals surface area contributed by atoms with Gasteiger partial charge in [-0.05, 0) is 72.7 Å². The van der Waals surface area contributed by atoms with Gasteiger partial charge in [-0.1, -0.05) is 29.3 Å². The largest absolute Gasteiger partial charge is 0.493 e. The minimum absolute atomic E-state index is 0.100. The Hall–Kier alpha value is -4.06. The van der Waals surface area contributed by atoms with Crippen molar-refractivity contribution in [3.05, 3.63) is 87.2 Å². The van der Waals surface area contributed by atoms with Gasteiger partial charge in [-0.25, -0.2) is 4.39 Å². The van der Waals surface area contributed by atoms with Crippen LogP contribution in [-0.4, -0.2) is 25.5 Å². The van der Waals surface area contributed by atoms with Crippen LogP contribution in [0.4, 0.5) is 15.8 Å². The van der Waals surface area contributed by atoms with Gasteiger partial charge in [-0.2, -0.15) is 5.26 Å². The Labute approximate surface area is 217 Å². The van der Waals surface area contributed by atoms with Crippen molar-refractivity contribution in [3.8, 4) is 17.6 Å². The third-order valence-electron chi connectivity index (χ3n) is 4.83. The smallest absolute Gasteiger partial charge is 0.266 e. The van der Waals surface area contributed by atoms with Crippen LogP contribution >= 0.6 is 23.2 Å². The van der Waals surface area contributed by atoms with Gasteiger partial charge in [0.15, 0.2) is 18.1 Å². The van der Waals surface area contributed by atoms with E-state index >= 15 is 0 Å². The number of hydrogen-bond donors (Lipinski definition) is 2. The number of nitrogens with one attached hydrogen (secondary N) is 2. The zero-order chi connectivity index (χ0) is 26.2. The maximum absolute atomic E-state index is 13.1.